The Hall–Kier alpha value is -8.64. The molecule has 0 aliphatic carbocycles. The van der Waals surface area contributed by atoms with Crippen molar-refractivity contribution in [2.75, 3.05) is 35.6 Å². The normalized spacial score (nSPS) is 12.3. The van der Waals surface area contributed by atoms with E-state index >= 15 is 0 Å². The van der Waals surface area contributed by atoms with Crippen LogP contribution in [-0.2, 0) is 28.5 Å². The Morgan fingerprint density at radius 3 is 1.27 bits per heavy atom. The Morgan fingerprint density at radius 2 is 0.873 bits per heavy atom. The van der Waals surface area contributed by atoms with Gasteiger partial charge in [0.1, 0.15) is 57.5 Å². The number of carbonyl (C=O) groups is 6. The number of aromatic nitrogens is 2. The van der Waals surface area contributed by atoms with Crippen LogP contribution in [0.25, 0.3) is 0 Å². The van der Waals surface area contributed by atoms with Crippen LogP contribution in [0.3, 0.4) is 0 Å². The number of nitrogens with one attached hydrogen (secondary N) is 5. The van der Waals surface area contributed by atoms with Crippen LogP contribution in [0.15, 0.2) is 105 Å². The number of hydrogen-bond donors (Lipinski definition) is 9. The largest absolute Gasteiger partial charge is 0.480 e. The average molecular weight is 1100 g/mol. The molecule has 4 aromatic rings. The predicted octanol–water partition coefficient (Wildman–Crippen LogP) is 10.9. The number of nitrogens with two attached hydrogens (primary N) is 3. The molecule has 0 saturated heterocycles. The molecule has 25 heteroatoms. The summed E-state index contributed by atoms with van der Waals surface area (Å²) in [5.74, 6) is -0.695. The van der Waals surface area contributed by atoms with E-state index in [0.717, 1.165) is 5.69 Å². The Balaban J connectivity index is 0.000000450. The lowest BCUT2D eigenvalue weighted by Crippen LogP contribution is -2.46. The second-order valence-corrected chi connectivity index (χ2v) is 21.4. The first kappa shape index (κ1) is 66.5. The van der Waals surface area contributed by atoms with Gasteiger partial charge in [-0.15, -0.1) is 10.2 Å². The summed E-state index contributed by atoms with van der Waals surface area (Å²) in [5, 5.41) is 38.3. The van der Waals surface area contributed by atoms with Gasteiger partial charge in [0.05, 0.1) is 11.4 Å². The van der Waals surface area contributed by atoms with Crippen molar-refractivity contribution in [2.24, 2.45) is 20.5 Å². The number of carboxylic acids is 1. The molecule has 0 aliphatic heterocycles. The minimum absolute atomic E-state index is 0.0809. The van der Waals surface area contributed by atoms with E-state index in [4.69, 9.17) is 41.3 Å². The highest BCUT2D eigenvalue weighted by Gasteiger charge is 2.26. The fourth-order valence-electron chi connectivity index (χ4n) is 6.00. The molecule has 0 bridgehead atoms. The monoisotopic (exact) mass is 1100 g/mol. The van der Waals surface area contributed by atoms with Crippen LogP contribution in [0.2, 0.25) is 0 Å². The maximum absolute atomic E-state index is 13.1. The first-order valence-electron chi connectivity index (χ1n) is 25.5. The molecule has 0 aliphatic rings. The van der Waals surface area contributed by atoms with Gasteiger partial charge >= 0.3 is 30.3 Å². The maximum atomic E-state index is 13.1. The zero-order valence-electron chi connectivity index (χ0n) is 47.3. The van der Waals surface area contributed by atoms with Crippen LogP contribution < -0.4 is 43.8 Å². The van der Waals surface area contributed by atoms with Crippen molar-refractivity contribution in [3.8, 4) is 0 Å². The topological polar surface area (TPSA) is 373 Å². The van der Waals surface area contributed by atoms with Crippen molar-refractivity contribution in [1.29, 1.82) is 0 Å². The number of pyridine rings is 2. The van der Waals surface area contributed by atoms with E-state index in [2.05, 4.69) is 57.0 Å². The molecule has 25 nitrogen and oxygen atoms in total. The zero-order valence-corrected chi connectivity index (χ0v) is 47.3. The molecular weight excluding hydrogens is 1020 g/mol. The van der Waals surface area contributed by atoms with Gasteiger partial charge in [0, 0.05) is 13.1 Å². The van der Waals surface area contributed by atoms with Gasteiger partial charge in [-0.25, -0.2) is 33.9 Å². The van der Waals surface area contributed by atoms with Crippen molar-refractivity contribution >= 4 is 82.3 Å². The van der Waals surface area contributed by atoms with E-state index in [-0.39, 0.29) is 23.9 Å². The van der Waals surface area contributed by atoms with E-state index in [1.807, 2.05) is 48.5 Å². The molecule has 2 atom stereocenters. The van der Waals surface area contributed by atoms with Crippen LogP contribution >= 0.6 is 0 Å². The van der Waals surface area contributed by atoms with Crippen LogP contribution in [0, 0.1) is 0 Å². The van der Waals surface area contributed by atoms with Crippen molar-refractivity contribution in [3.63, 3.8) is 0 Å². The molecule has 12 N–H and O–H groups in total. The zero-order chi connectivity index (χ0) is 59.4. The number of aliphatic carboxylic acids is 1. The first-order chi connectivity index (χ1) is 36.8. The molecule has 2 aromatic heterocycles. The Kier molecular flexibility index (Phi) is 27.1. The maximum Gasteiger partial charge on any atom is 0.408 e. The van der Waals surface area contributed by atoms with Gasteiger partial charge in [0.15, 0.2) is 11.6 Å². The molecular formula is C54H80N14O11. The fraction of sp³-hybridized carbons (Fsp3) is 0.481. The first-order valence-corrected chi connectivity index (χ1v) is 25.5. The molecule has 0 saturated carbocycles. The number of azo groups is 2. The number of nitrogen functional groups attached to an aromatic ring is 3. The van der Waals surface area contributed by atoms with E-state index in [0.29, 0.717) is 68.1 Å². The number of unbranched alkanes of at least 4 members (excludes halogenated alkanes) is 2. The second-order valence-electron chi connectivity index (χ2n) is 21.4. The second kappa shape index (κ2) is 32.2. The van der Waals surface area contributed by atoms with Gasteiger partial charge in [0.25, 0.3) is 0 Å². The summed E-state index contributed by atoms with van der Waals surface area (Å²) in [6.07, 6.45) is 0.193. The molecule has 2 heterocycles. The third kappa shape index (κ3) is 31.9. The van der Waals surface area contributed by atoms with Crippen LogP contribution in [0.4, 0.5) is 65.2 Å². The van der Waals surface area contributed by atoms with Gasteiger partial charge in [-0.3, -0.25) is 4.79 Å². The molecule has 0 unspecified atom stereocenters. The van der Waals surface area contributed by atoms with Crippen LogP contribution in [0.1, 0.15) is 122 Å². The number of anilines is 4. The van der Waals surface area contributed by atoms with Gasteiger partial charge in [-0.1, -0.05) is 36.4 Å². The third-order valence-corrected chi connectivity index (χ3v) is 9.31. The summed E-state index contributed by atoms with van der Waals surface area (Å²) in [5.41, 5.74) is 16.8. The lowest BCUT2D eigenvalue weighted by molar-refractivity contribution is -0.139. The minimum atomic E-state index is -1.12. The molecule has 0 spiro atoms. The van der Waals surface area contributed by atoms with E-state index < -0.39 is 70.7 Å². The quantitative estimate of drug-likeness (QED) is 0.0239. The number of carbonyl (C=O) groups excluding carboxylic acids is 5. The number of amides is 5. The Morgan fingerprint density at radius 1 is 0.494 bits per heavy atom. The van der Waals surface area contributed by atoms with E-state index in [1.165, 1.54) is 0 Å². The van der Waals surface area contributed by atoms with Crippen molar-refractivity contribution in [2.45, 2.75) is 156 Å². The van der Waals surface area contributed by atoms with E-state index in [9.17, 15) is 28.8 Å². The predicted molar refractivity (Wildman–Crippen MR) is 302 cm³/mol. The molecule has 5 amide bonds. The number of rotatable bonds is 19. The standard InChI is InChI=1S/C27H39N7O5.C16H30N2O6.C11H11N5/c1-26(2,3)38-24(36)29-17-11-10-14-20(30-25(37)39-27(4,5)6)23(35)32-21-16-15-19(22(28)31-21)34-33-18-12-8-7-9-13-18;1-15(2,3)23-13(21)17-10-8-7-9-11(12(19)20)18-14(22)24-16(4,5)6;12-10-7-6-9(11(13)14-10)16-15-8-4-2-1-3-5-8/h7-9,12-13,15-16,20H,10-11,14,17H2,1-6H3,(H,29,36)(H,30,37)(H3,28,31,32,35);11H,7-10H2,1-6H3,(H,17,21)(H,18,22)(H,19,20);1-7H,(H4,12,13,14)/t20-;11-;/m00./s1. The van der Waals surface area contributed by atoms with Gasteiger partial charge in [-0.05, 0) is 170 Å². The highest BCUT2D eigenvalue weighted by molar-refractivity contribution is 5.96. The smallest absolute Gasteiger partial charge is 0.408 e. The minimum Gasteiger partial charge on any atom is -0.480 e. The Labute approximate surface area is 462 Å². The number of hydrogen-bond acceptors (Lipinski definition) is 19. The summed E-state index contributed by atoms with van der Waals surface area (Å²) in [4.78, 5) is 79.5. The number of ether oxygens (including phenoxy) is 4. The molecule has 432 valence electrons. The molecule has 2 aromatic carbocycles. The average Bonchev–Trinajstić information content (AvgIpc) is 3.31. The van der Waals surface area contributed by atoms with Gasteiger partial charge in [-0.2, -0.15) is 10.2 Å². The number of nitrogens with zero attached hydrogens (tertiary/aromatic N) is 6. The summed E-state index contributed by atoms with van der Waals surface area (Å²) in [6, 6.07) is 23.1. The number of carboxylic acid groups (broad SMARTS) is 1. The highest BCUT2D eigenvalue weighted by atomic mass is 16.6. The van der Waals surface area contributed by atoms with Gasteiger partial charge in [0.2, 0.25) is 5.91 Å². The summed E-state index contributed by atoms with van der Waals surface area (Å²) in [6.45, 7) is 21.7. The number of benzene rings is 2. The summed E-state index contributed by atoms with van der Waals surface area (Å²) >= 11 is 0. The van der Waals surface area contributed by atoms with Crippen molar-refractivity contribution in [1.82, 2.24) is 31.2 Å². The number of alkyl carbamates (subject to hydrolysis) is 4. The lowest BCUT2D eigenvalue weighted by atomic mass is 10.1. The van der Waals surface area contributed by atoms with Gasteiger partial charge < -0.3 is 67.8 Å². The Bertz CT molecular complexity index is 2630. The summed E-state index contributed by atoms with van der Waals surface area (Å²) in [7, 11) is 0. The molecule has 0 fully saturated rings. The highest BCUT2D eigenvalue weighted by Crippen LogP contribution is 2.26. The molecule has 79 heavy (non-hydrogen) atoms. The summed E-state index contributed by atoms with van der Waals surface area (Å²) < 4.78 is 20.6. The van der Waals surface area contributed by atoms with Crippen LogP contribution in [-0.4, -0.2) is 98.9 Å². The molecule has 4 rings (SSSR count). The third-order valence-electron chi connectivity index (χ3n) is 9.31. The SMILES string of the molecule is CC(C)(C)OC(=O)NCCCC[C@H](NC(=O)OC(C)(C)C)C(=O)Nc1ccc(N=Nc2ccccc2)c(N)n1.CC(C)(C)OC(=O)NCCCC[C@H](NC(=O)OC(C)(C)C)C(=O)O.Nc1ccc(N=Nc2ccccc2)c(N)n1. The van der Waals surface area contributed by atoms with Crippen LogP contribution in [0.5, 0.6) is 0 Å². The van der Waals surface area contributed by atoms with Crippen molar-refractivity contribution < 1.29 is 52.8 Å². The van der Waals surface area contributed by atoms with Crippen molar-refractivity contribution in [3.05, 3.63) is 84.9 Å². The fourth-order valence-corrected chi connectivity index (χ4v) is 6.00. The molecule has 0 radical (unpaired) electrons. The van der Waals surface area contributed by atoms with E-state index in [1.54, 1.807) is 119 Å². The lowest BCUT2D eigenvalue weighted by Gasteiger charge is -2.23.